The van der Waals surface area contributed by atoms with Crippen LogP contribution in [0.2, 0.25) is 0 Å². The van der Waals surface area contributed by atoms with Gasteiger partial charge in [0.15, 0.2) is 0 Å². The number of piperazine rings is 1. The molecular weight excluding hydrogens is 466 g/mol. The van der Waals surface area contributed by atoms with Crippen LogP contribution in [0.1, 0.15) is 28.9 Å². The predicted octanol–water partition coefficient (Wildman–Crippen LogP) is 3.28. The van der Waals surface area contributed by atoms with Crippen LogP contribution in [-0.4, -0.2) is 62.2 Å². The molecular formula is C28H31N7O2. The van der Waals surface area contributed by atoms with Gasteiger partial charge in [-0.25, -0.2) is 4.98 Å². The number of nitrogens with one attached hydrogen (secondary N) is 2. The van der Waals surface area contributed by atoms with Gasteiger partial charge in [-0.05, 0) is 42.7 Å². The van der Waals surface area contributed by atoms with Gasteiger partial charge >= 0.3 is 0 Å². The average Bonchev–Trinajstić information content (AvgIpc) is 3.55. The smallest absolute Gasteiger partial charge is 0.258 e. The number of imidazole rings is 1. The zero-order valence-corrected chi connectivity index (χ0v) is 20.9. The van der Waals surface area contributed by atoms with Crippen LogP contribution in [0.4, 0.5) is 5.95 Å². The highest BCUT2D eigenvalue weighted by Gasteiger charge is 2.18. The summed E-state index contributed by atoms with van der Waals surface area (Å²) < 4.78 is 3.62. The van der Waals surface area contributed by atoms with Crippen LogP contribution in [0.25, 0.3) is 16.8 Å². The van der Waals surface area contributed by atoms with Crippen LogP contribution in [0.5, 0.6) is 0 Å². The standard InChI is InChI=1S/C28H31N7O2/c1-33-19-23(18-30-33)21-7-5-8-22(17-21)27(37)32-28-31-24(20-35(28)25-10-3-2-4-11-25)9-6-12-26(36)34-15-13-29-14-16-34/h2-5,7-8,10-11,17-20,29H,6,9,12-16H2,1H3,(H,31,32,37). The van der Waals surface area contributed by atoms with Gasteiger partial charge in [0, 0.05) is 68.9 Å². The number of carbonyl (C=O) groups excluding carboxylic acids is 2. The number of nitrogens with zero attached hydrogens (tertiary/aromatic N) is 5. The number of carbonyl (C=O) groups is 2. The van der Waals surface area contributed by atoms with Gasteiger partial charge in [0.1, 0.15) is 0 Å². The molecule has 1 fully saturated rings. The molecule has 2 aromatic heterocycles. The Morgan fingerprint density at radius 1 is 1.00 bits per heavy atom. The summed E-state index contributed by atoms with van der Waals surface area (Å²) >= 11 is 0. The fraction of sp³-hybridized carbons (Fsp3) is 0.286. The summed E-state index contributed by atoms with van der Waals surface area (Å²) in [5.41, 5.74) is 4.13. The minimum absolute atomic E-state index is 0.186. The summed E-state index contributed by atoms with van der Waals surface area (Å²) in [4.78, 5) is 32.4. The van der Waals surface area contributed by atoms with E-state index >= 15 is 0 Å². The number of anilines is 1. The highest BCUT2D eigenvalue weighted by Crippen LogP contribution is 2.22. The van der Waals surface area contributed by atoms with Crippen LogP contribution in [0, 0.1) is 0 Å². The quantitative estimate of drug-likeness (QED) is 0.389. The molecule has 0 aliphatic carbocycles. The third-order valence-corrected chi connectivity index (χ3v) is 6.47. The van der Waals surface area contributed by atoms with Gasteiger partial charge in [0.05, 0.1) is 11.9 Å². The molecule has 1 aliphatic rings. The van der Waals surface area contributed by atoms with Crippen molar-refractivity contribution < 1.29 is 9.59 Å². The van der Waals surface area contributed by atoms with E-state index < -0.39 is 0 Å². The molecule has 0 unspecified atom stereocenters. The maximum atomic E-state index is 13.2. The summed E-state index contributed by atoms with van der Waals surface area (Å²) in [5, 5.41) is 10.5. The number of aromatic nitrogens is 4. The van der Waals surface area contributed by atoms with E-state index in [9.17, 15) is 9.59 Å². The zero-order chi connectivity index (χ0) is 25.6. The molecule has 0 atom stereocenters. The van der Waals surface area contributed by atoms with E-state index in [1.54, 1.807) is 16.9 Å². The minimum Gasteiger partial charge on any atom is -0.340 e. The third-order valence-electron chi connectivity index (χ3n) is 6.47. The van der Waals surface area contributed by atoms with Gasteiger partial charge in [-0.2, -0.15) is 5.10 Å². The summed E-state index contributed by atoms with van der Waals surface area (Å²) in [6.45, 7) is 3.22. The first-order valence-electron chi connectivity index (χ1n) is 12.6. The lowest BCUT2D eigenvalue weighted by Crippen LogP contribution is -2.46. The lowest BCUT2D eigenvalue weighted by molar-refractivity contribution is -0.131. The summed E-state index contributed by atoms with van der Waals surface area (Å²) in [7, 11) is 1.86. The van der Waals surface area contributed by atoms with Crippen molar-refractivity contribution in [1.82, 2.24) is 29.5 Å². The molecule has 1 aliphatic heterocycles. The van der Waals surface area contributed by atoms with Crippen molar-refractivity contribution in [1.29, 1.82) is 0 Å². The largest absolute Gasteiger partial charge is 0.340 e. The highest BCUT2D eigenvalue weighted by atomic mass is 16.2. The van der Waals surface area contributed by atoms with Gasteiger partial charge in [-0.3, -0.25) is 24.2 Å². The van der Waals surface area contributed by atoms with E-state index in [2.05, 4.69) is 15.7 Å². The summed E-state index contributed by atoms with van der Waals surface area (Å²) in [5.74, 6) is 0.395. The van der Waals surface area contributed by atoms with Crippen molar-refractivity contribution in [2.45, 2.75) is 19.3 Å². The van der Waals surface area contributed by atoms with Gasteiger partial charge in [0.25, 0.3) is 5.91 Å². The first-order valence-corrected chi connectivity index (χ1v) is 12.6. The lowest BCUT2D eigenvalue weighted by Gasteiger charge is -2.27. The SMILES string of the molecule is Cn1cc(-c2cccc(C(=O)Nc3nc(CCCC(=O)N4CCNCC4)cn3-c3ccccc3)c2)cn1. The van der Waals surface area contributed by atoms with E-state index in [0.29, 0.717) is 30.8 Å². The second kappa shape index (κ2) is 11.2. The molecule has 2 aromatic carbocycles. The Labute approximate surface area is 216 Å². The molecule has 3 heterocycles. The number of hydrogen-bond donors (Lipinski definition) is 2. The molecule has 1 saturated heterocycles. The van der Waals surface area contributed by atoms with Crippen molar-refractivity contribution in [2.75, 3.05) is 31.5 Å². The van der Waals surface area contributed by atoms with Crippen LogP contribution >= 0.6 is 0 Å². The first kappa shape index (κ1) is 24.5. The summed E-state index contributed by atoms with van der Waals surface area (Å²) in [6.07, 6.45) is 7.47. The first-order chi connectivity index (χ1) is 18.1. The fourth-order valence-corrected chi connectivity index (χ4v) is 4.50. The van der Waals surface area contributed by atoms with Gasteiger partial charge in [0.2, 0.25) is 11.9 Å². The monoisotopic (exact) mass is 497 g/mol. The lowest BCUT2D eigenvalue weighted by atomic mass is 10.1. The molecule has 5 rings (SSSR count). The third kappa shape index (κ3) is 5.95. The number of amides is 2. The molecule has 0 bridgehead atoms. The molecule has 0 saturated carbocycles. The van der Waals surface area contributed by atoms with Crippen LogP contribution < -0.4 is 10.6 Å². The minimum atomic E-state index is -0.242. The van der Waals surface area contributed by atoms with E-state index in [0.717, 1.165) is 48.7 Å². The van der Waals surface area contributed by atoms with Crippen LogP contribution in [0.15, 0.2) is 73.2 Å². The molecule has 9 heteroatoms. The van der Waals surface area contributed by atoms with Gasteiger partial charge < -0.3 is 10.2 Å². The second-order valence-corrected chi connectivity index (χ2v) is 9.18. The number of hydrogen-bond acceptors (Lipinski definition) is 5. The van der Waals surface area contributed by atoms with Crippen molar-refractivity contribution in [2.24, 2.45) is 7.05 Å². The van der Waals surface area contributed by atoms with Crippen LogP contribution in [-0.2, 0) is 18.3 Å². The second-order valence-electron chi connectivity index (χ2n) is 9.18. The molecule has 0 radical (unpaired) electrons. The Morgan fingerprint density at radius 3 is 2.57 bits per heavy atom. The Bertz CT molecular complexity index is 1370. The van der Waals surface area contributed by atoms with Gasteiger partial charge in [-0.1, -0.05) is 30.3 Å². The van der Waals surface area contributed by atoms with Gasteiger partial charge in [-0.15, -0.1) is 0 Å². The number of aryl methyl sites for hydroxylation is 2. The Kier molecular flexibility index (Phi) is 7.41. The Balaban J connectivity index is 1.31. The number of rotatable bonds is 8. The van der Waals surface area contributed by atoms with Crippen molar-refractivity contribution >= 4 is 17.8 Å². The molecule has 190 valence electrons. The Morgan fingerprint density at radius 2 is 1.81 bits per heavy atom. The van der Waals surface area contributed by atoms with Crippen molar-refractivity contribution in [3.05, 3.63) is 84.4 Å². The number of benzene rings is 2. The van der Waals surface area contributed by atoms with E-state index in [-0.39, 0.29) is 11.8 Å². The fourth-order valence-electron chi connectivity index (χ4n) is 4.50. The molecule has 2 N–H and O–H groups in total. The van der Waals surface area contributed by atoms with E-state index in [1.807, 2.05) is 77.4 Å². The topological polar surface area (TPSA) is 97.1 Å². The molecule has 2 amide bonds. The van der Waals surface area contributed by atoms with E-state index in [1.165, 1.54) is 0 Å². The average molecular weight is 498 g/mol. The normalized spacial score (nSPS) is 13.5. The Hall–Kier alpha value is -4.24. The molecule has 0 spiro atoms. The van der Waals surface area contributed by atoms with Crippen molar-refractivity contribution in [3.63, 3.8) is 0 Å². The maximum Gasteiger partial charge on any atom is 0.258 e. The highest BCUT2D eigenvalue weighted by molar-refractivity contribution is 6.04. The maximum absolute atomic E-state index is 13.2. The molecule has 4 aromatic rings. The van der Waals surface area contributed by atoms with Crippen molar-refractivity contribution in [3.8, 4) is 16.8 Å². The van der Waals surface area contributed by atoms with Crippen LogP contribution in [0.3, 0.4) is 0 Å². The van der Waals surface area contributed by atoms with E-state index in [4.69, 9.17) is 4.98 Å². The predicted molar refractivity (Wildman–Crippen MR) is 143 cm³/mol. The molecule has 9 nitrogen and oxygen atoms in total. The summed E-state index contributed by atoms with van der Waals surface area (Å²) in [6, 6.07) is 17.2. The number of para-hydroxylation sites is 1. The molecule has 37 heavy (non-hydrogen) atoms. The zero-order valence-electron chi connectivity index (χ0n) is 20.9.